The highest BCUT2D eigenvalue weighted by atomic mass is 35.5. The molecule has 1 N–H and O–H groups in total. The number of hydrogen-bond acceptors (Lipinski definition) is 3. The Bertz CT molecular complexity index is 533. The van der Waals surface area contributed by atoms with E-state index in [2.05, 4.69) is 21.5 Å². The standard InChI is InChI=1S/C13H15ClN4/c14-13-6-15-4-3-10(13)7-18-8-12(17-9-18)5-16-11-1-2-11/h3-4,6,8-9,11,16H,1-2,5,7H2. The second-order valence-electron chi connectivity index (χ2n) is 4.66. The Morgan fingerprint density at radius 1 is 1.44 bits per heavy atom. The third-order valence-corrected chi connectivity index (χ3v) is 3.39. The lowest BCUT2D eigenvalue weighted by Gasteiger charge is -2.03. The molecule has 1 fully saturated rings. The first-order valence-corrected chi connectivity index (χ1v) is 6.51. The van der Waals surface area contributed by atoms with Gasteiger partial charge in [-0.15, -0.1) is 0 Å². The molecule has 0 saturated heterocycles. The maximum atomic E-state index is 6.08. The summed E-state index contributed by atoms with van der Waals surface area (Å²) in [5.41, 5.74) is 2.14. The average Bonchev–Trinajstić information content (AvgIpc) is 3.10. The van der Waals surface area contributed by atoms with Crippen molar-refractivity contribution >= 4 is 11.6 Å². The minimum atomic E-state index is 0.698. The van der Waals surface area contributed by atoms with Crippen LogP contribution in [0.3, 0.4) is 0 Å². The van der Waals surface area contributed by atoms with E-state index in [0.717, 1.165) is 24.3 Å². The molecule has 2 aromatic heterocycles. The lowest BCUT2D eigenvalue weighted by atomic mass is 10.2. The van der Waals surface area contributed by atoms with Crippen molar-refractivity contribution < 1.29 is 0 Å². The van der Waals surface area contributed by atoms with Gasteiger partial charge in [0.25, 0.3) is 0 Å². The fraction of sp³-hybridized carbons (Fsp3) is 0.385. The lowest BCUT2D eigenvalue weighted by molar-refractivity contribution is 0.676. The molecule has 4 nitrogen and oxygen atoms in total. The largest absolute Gasteiger partial charge is 0.333 e. The van der Waals surface area contributed by atoms with Gasteiger partial charge in [-0.3, -0.25) is 4.98 Å². The minimum Gasteiger partial charge on any atom is -0.333 e. The van der Waals surface area contributed by atoms with Crippen LogP contribution in [0.25, 0.3) is 0 Å². The normalized spacial score (nSPS) is 14.9. The van der Waals surface area contributed by atoms with Crippen molar-refractivity contribution in [3.8, 4) is 0 Å². The SMILES string of the molecule is Clc1cnccc1Cn1cnc(CNC2CC2)c1. The molecule has 1 saturated carbocycles. The summed E-state index contributed by atoms with van der Waals surface area (Å²) in [5.74, 6) is 0. The van der Waals surface area contributed by atoms with Gasteiger partial charge in [0.05, 0.1) is 23.6 Å². The van der Waals surface area contributed by atoms with Crippen LogP contribution in [0.1, 0.15) is 24.1 Å². The summed E-state index contributed by atoms with van der Waals surface area (Å²) >= 11 is 6.08. The molecule has 1 aliphatic rings. The van der Waals surface area contributed by atoms with Gasteiger partial charge in [-0.1, -0.05) is 11.6 Å². The predicted octanol–water partition coefficient (Wildman–Crippen LogP) is 2.23. The number of aromatic nitrogens is 3. The van der Waals surface area contributed by atoms with Crippen LogP contribution in [0.15, 0.2) is 31.0 Å². The molecule has 0 spiro atoms. The molecule has 3 rings (SSSR count). The van der Waals surface area contributed by atoms with E-state index >= 15 is 0 Å². The Hall–Kier alpha value is -1.39. The van der Waals surface area contributed by atoms with Crippen LogP contribution < -0.4 is 5.32 Å². The van der Waals surface area contributed by atoms with Gasteiger partial charge in [-0.05, 0) is 24.5 Å². The number of halogens is 1. The van der Waals surface area contributed by atoms with E-state index in [9.17, 15) is 0 Å². The highest BCUT2D eigenvalue weighted by molar-refractivity contribution is 6.31. The third kappa shape index (κ3) is 2.89. The van der Waals surface area contributed by atoms with Crippen LogP contribution in [-0.2, 0) is 13.1 Å². The Kier molecular flexibility index (Phi) is 3.30. The summed E-state index contributed by atoms with van der Waals surface area (Å²) in [6.07, 6.45) is 9.94. The summed E-state index contributed by atoms with van der Waals surface area (Å²) < 4.78 is 2.05. The number of hydrogen-bond donors (Lipinski definition) is 1. The van der Waals surface area contributed by atoms with Gasteiger partial charge >= 0.3 is 0 Å². The van der Waals surface area contributed by atoms with Crippen molar-refractivity contribution in [1.82, 2.24) is 19.9 Å². The molecule has 2 aromatic rings. The van der Waals surface area contributed by atoms with Crippen molar-refractivity contribution in [2.24, 2.45) is 0 Å². The second kappa shape index (κ2) is 5.08. The molecule has 5 heteroatoms. The maximum Gasteiger partial charge on any atom is 0.0953 e. The van der Waals surface area contributed by atoms with Gasteiger partial charge in [0.1, 0.15) is 0 Å². The summed E-state index contributed by atoms with van der Waals surface area (Å²) in [6.45, 7) is 1.58. The first-order chi connectivity index (χ1) is 8.81. The van der Waals surface area contributed by atoms with E-state index in [0.29, 0.717) is 11.1 Å². The van der Waals surface area contributed by atoms with E-state index in [1.807, 2.05) is 17.0 Å². The second-order valence-corrected chi connectivity index (χ2v) is 5.07. The van der Waals surface area contributed by atoms with Gasteiger partial charge in [0.15, 0.2) is 0 Å². The monoisotopic (exact) mass is 262 g/mol. The van der Waals surface area contributed by atoms with Crippen LogP contribution in [0.5, 0.6) is 0 Å². The highest BCUT2D eigenvalue weighted by Gasteiger charge is 2.20. The van der Waals surface area contributed by atoms with Crippen molar-refractivity contribution in [3.05, 3.63) is 47.3 Å². The van der Waals surface area contributed by atoms with Gasteiger partial charge in [0, 0.05) is 31.2 Å². The van der Waals surface area contributed by atoms with Crippen LogP contribution >= 0.6 is 11.6 Å². The van der Waals surface area contributed by atoms with E-state index in [1.165, 1.54) is 12.8 Å². The zero-order chi connectivity index (χ0) is 12.4. The smallest absolute Gasteiger partial charge is 0.0953 e. The van der Waals surface area contributed by atoms with Crippen LogP contribution in [-0.4, -0.2) is 20.6 Å². The van der Waals surface area contributed by atoms with Crippen molar-refractivity contribution in [1.29, 1.82) is 0 Å². The van der Waals surface area contributed by atoms with Crippen molar-refractivity contribution in [2.45, 2.75) is 32.0 Å². The average molecular weight is 263 g/mol. The first-order valence-electron chi connectivity index (χ1n) is 6.14. The van der Waals surface area contributed by atoms with Crippen molar-refractivity contribution in [2.75, 3.05) is 0 Å². The molecule has 2 heterocycles. The Balaban J connectivity index is 1.63. The van der Waals surface area contributed by atoms with Gasteiger partial charge in [0.2, 0.25) is 0 Å². The molecule has 0 aromatic carbocycles. The quantitative estimate of drug-likeness (QED) is 0.899. The third-order valence-electron chi connectivity index (χ3n) is 3.05. The van der Waals surface area contributed by atoms with Crippen LogP contribution in [0, 0.1) is 0 Å². The fourth-order valence-electron chi connectivity index (χ4n) is 1.85. The topological polar surface area (TPSA) is 42.7 Å². The molecular formula is C13H15ClN4. The van der Waals surface area contributed by atoms with Crippen LogP contribution in [0.4, 0.5) is 0 Å². The van der Waals surface area contributed by atoms with E-state index in [4.69, 9.17) is 11.6 Å². The van der Waals surface area contributed by atoms with E-state index in [1.54, 1.807) is 12.4 Å². The minimum absolute atomic E-state index is 0.698. The molecule has 18 heavy (non-hydrogen) atoms. The highest BCUT2D eigenvalue weighted by Crippen LogP contribution is 2.19. The number of imidazole rings is 1. The molecular weight excluding hydrogens is 248 g/mol. The van der Waals surface area contributed by atoms with Gasteiger partial charge in [-0.2, -0.15) is 0 Å². The first kappa shape index (κ1) is 11.7. The molecule has 0 unspecified atom stereocenters. The van der Waals surface area contributed by atoms with Crippen LogP contribution in [0.2, 0.25) is 5.02 Å². The predicted molar refractivity (Wildman–Crippen MR) is 70.4 cm³/mol. The molecule has 0 atom stereocenters. The lowest BCUT2D eigenvalue weighted by Crippen LogP contribution is -2.15. The maximum absolute atomic E-state index is 6.08. The number of nitrogens with zero attached hydrogens (tertiary/aromatic N) is 3. The zero-order valence-electron chi connectivity index (χ0n) is 10.0. The fourth-order valence-corrected chi connectivity index (χ4v) is 2.03. The Morgan fingerprint density at radius 3 is 3.11 bits per heavy atom. The number of nitrogens with one attached hydrogen (secondary N) is 1. The number of pyridine rings is 1. The molecule has 0 radical (unpaired) electrons. The molecule has 0 aliphatic heterocycles. The Morgan fingerprint density at radius 2 is 2.33 bits per heavy atom. The van der Waals surface area contributed by atoms with Gasteiger partial charge < -0.3 is 9.88 Å². The van der Waals surface area contributed by atoms with E-state index in [-0.39, 0.29) is 0 Å². The zero-order valence-corrected chi connectivity index (χ0v) is 10.8. The molecule has 1 aliphatic carbocycles. The van der Waals surface area contributed by atoms with E-state index < -0.39 is 0 Å². The molecule has 0 amide bonds. The molecule has 94 valence electrons. The van der Waals surface area contributed by atoms with Crippen molar-refractivity contribution in [3.63, 3.8) is 0 Å². The molecule has 0 bridgehead atoms. The summed E-state index contributed by atoms with van der Waals surface area (Å²) in [4.78, 5) is 8.36. The van der Waals surface area contributed by atoms with Gasteiger partial charge in [-0.25, -0.2) is 4.98 Å². The summed E-state index contributed by atoms with van der Waals surface area (Å²) in [6, 6.07) is 2.65. The Labute approximate surface area is 111 Å². The number of rotatable bonds is 5. The summed E-state index contributed by atoms with van der Waals surface area (Å²) in [7, 11) is 0. The summed E-state index contributed by atoms with van der Waals surface area (Å²) in [5, 5.41) is 4.15.